The van der Waals surface area contributed by atoms with E-state index in [1.165, 1.54) is 4.90 Å². The Bertz CT molecular complexity index is 279. The summed E-state index contributed by atoms with van der Waals surface area (Å²) >= 11 is 0. The molecular formula is C12H23N3O2. The first-order chi connectivity index (χ1) is 8.00. The highest BCUT2D eigenvalue weighted by Crippen LogP contribution is 2.12. The predicted molar refractivity (Wildman–Crippen MR) is 66.6 cm³/mol. The van der Waals surface area contributed by atoms with Crippen LogP contribution in [-0.2, 0) is 9.59 Å². The standard InChI is InChI=1S/C12H23N3O2/c1-9-5-4-6-10(14-9)12(17)13-8-7-11(16)15(2)3/h9-10,14H,4-8H2,1-3H3,(H,13,17). The van der Waals surface area contributed by atoms with Crippen molar-refractivity contribution in [2.24, 2.45) is 0 Å². The van der Waals surface area contributed by atoms with E-state index in [0.29, 0.717) is 19.0 Å². The highest BCUT2D eigenvalue weighted by Gasteiger charge is 2.23. The minimum Gasteiger partial charge on any atom is -0.354 e. The lowest BCUT2D eigenvalue weighted by Gasteiger charge is -2.27. The second-order valence-electron chi connectivity index (χ2n) is 4.88. The molecule has 0 aromatic rings. The summed E-state index contributed by atoms with van der Waals surface area (Å²) in [6, 6.07) is 0.316. The first-order valence-electron chi connectivity index (χ1n) is 6.24. The van der Waals surface area contributed by atoms with Crippen LogP contribution in [0.25, 0.3) is 0 Å². The molecule has 5 nitrogen and oxygen atoms in total. The number of hydrogen-bond acceptors (Lipinski definition) is 3. The molecule has 17 heavy (non-hydrogen) atoms. The molecular weight excluding hydrogens is 218 g/mol. The van der Waals surface area contributed by atoms with Crippen LogP contribution >= 0.6 is 0 Å². The summed E-state index contributed by atoms with van der Waals surface area (Å²) in [6.45, 7) is 2.51. The van der Waals surface area contributed by atoms with Crippen molar-refractivity contribution in [3.8, 4) is 0 Å². The lowest BCUT2D eigenvalue weighted by Crippen LogP contribution is -2.50. The van der Waals surface area contributed by atoms with E-state index in [9.17, 15) is 9.59 Å². The largest absolute Gasteiger partial charge is 0.354 e. The van der Waals surface area contributed by atoms with Gasteiger partial charge in [0.05, 0.1) is 6.04 Å². The molecule has 0 aliphatic carbocycles. The number of nitrogens with zero attached hydrogens (tertiary/aromatic N) is 1. The Balaban J connectivity index is 2.22. The number of nitrogens with one attached hydrogen (secondary N) is 2. The summed E-state index contributed by atoms with van der Waals surface area (Å²) in [5.41, 5.74) is 0. The van der Waals surface area contributed by atoms with Gasteiger partial charge in [-0.05, 0) is 26.2 Å². The monoisotopic (exact) mass is 241 g/mol. The number of amides is 2. The van der Waals surface area contributed by atoms with Crippen LogP contribution in [0.15, 0.2) is 0 Å². The zero-order valence-corrected chi connectivity index (χ0v) is 11.0. The molecule has 1 fully saturated rings. The van der Waals surface area contributed by atoms with E-state index < -0.39 is 0 Å². The molecule has 2 unspecified atom stereocenters. The van der Waals surface area contributed by atoms with Crippen molar-refractivity contribution in [2.45, 2.75) is 44.7 Å². The van der Waals surface area contributed by atoms with Crippen LogP contribution in [0, 0.1) is 0 Å². The minimum absolute atomic E-state index is 0.0168. The van der Waals surface area contributed by atoms with Gasteiger partial charge in [0.25, 0.3) is 0 Å². The zero-order chi connectivity index (χ0) is 12.8. The molecule has 0 aromatic heterocycles. The minimum atomic E-state index is -0.0896. The molecule has 2 amide bonds. The van der Waals surface area contributed by atoms with Gasteiger partial charge >= 0.3 is 0 Å². The van der Waals surface area contributed by atoms with Crippen molar-refractivity contribution in [3.05, 3.63) is 0 Å². The average Bonchev–Trinajstić information content (AvgIpc) is 2.28. The summed E-state index contributed by atoms with van der Waals surface area (Å²) in [7, 11) is 3.43. The quantitative estimate of drug-likeness (QED) is 0.734. The molecule has 2 atom stereocenters. The van der Waals surface area contributed by atoms with Crippen molar-refractivity contribution in [2.75, 3.05) is 20.6 Å². The number of rotatable bonds is 4. The second-order valence-corrected chi connectivity index (χ2v) is 4.88. The van der Waals surface area contributed by atoms with Crippen LogP contribution in [0.1, 0.15) is 32.6 Å². The van der Waals surface area contributed by atoms with E-state index >= 15 is 0 Å². The van der Waals surface area contributed by atoms with Crippen molar-refractivity contribution in [3.63, 3.8) is 0 Å². The van der Waals surface area contributed by atoms with Crippen molar-refractivity contribution < 1.29 is 9.59 Å². The summed E-state index contributed by atoms with van der Waals surface area (Å²) in [5, 5.41) is 6.08. The van der Waals surface area contributed by atoms with Crippen LogP contribution in [0.5, 0.6) is 0 Å². The van der Waals surface area contributed by atoms with Gasteiger partial charge in [-0.3, -0.25) is 9.59 Å². The molecule has 1 aliphatic heterocycles. The summed E-state index contributed by atoms with van der Waals surface area (Å²) in [6.07, 6.45) is 3.46. The molecule has 0 radical (unpaired) electrons. The van der Waals surface area contributed by atoms with E-state index in [-0.39, 0.29) is 17.9 Å². The third-order valence-corrected chi connectivity index (χ3v) is 3.07. The number of carbonyl (C=O) groups excluding carboxylic acids is 2. The van der Waals surface area contributed by atoms with Gasteiger partial charge in [-0.25, -0.2) is 0 Å². The zero-order valence-electron chi connectivity index (χ0n) is 11.0. The predicted octanol–water partition coefficient (Wildman–Crippen LogP) is 0.112. The summed E-state index contributed by atoms with van der Waals surface area (Å²) < 4.78 is 0. The van der Waals surface area contributed by atoms with E-state index in [0.717, 1.165) is 19.3 Å². The summed E-state index contributed by atoms with van der Waals surface area (Å²) in [5.74, 6) is 0.0541. The maximum absolute atomic E-state index is 11.8. The Labute approximate surface area is 103 Å². The third-order valence-electron chi connectivity index (χ3n) is 3.07. The molecule has 1 aliphatic rings. The molecule has 98 valence electrons. The number of hydrogen-bond donors (Lipinski definition) is 2. The van der Waals surface area contributed by atoms with Gasteiger partial charge in [0.15, 0.2) is 0 Å². The molecule has 1 rings (SSSR count). The number of carbonyl (C=O) groups is 2. The van der Waals surface area contributed by atoms with E-state index in [4.69, 9.17) is 0 Å². The second kappa shape index (κ2) is 6.59. The van der Waals surface area contributed by atoms with Gasteiger partial charge in [-0.15, -0.1) is 0 Å². The fraction of sp³-hybridized carbons (Fsp3) is 0.833. The first kappa shape index (κ1) is 14.0. The normalized spacial score (nSPS) is 24.2. The molecule has 0 spiro atoms. The Morgan fingerprint density at radius 2 is 2.06 bits per heavy atom. The molecule has 0 saturated carbocycles. The van der Waals surface area contributed by atoms with Crippen LogP contribution in [0.3, 0.4) is 0 Å². The van der Waals surface area contributed by atoms with E-state index in [2.05, 4.69) is 17.6 Å². The SMILES string of the molecule is CC1CCCC(C(=O)NCCC(=O)N(C)C)N1. The van der Waals surface area contributed by atoms with Gasteiger partial charge in [0, 0.05) is 33.1 Å². The van der Waals surface area contributed by atoms with Gasteiger partial charge in [-0.1, -0.05) is 0 Å². The van der Waals surface area contributed by atoms with Crippen LogP contribution in [0.2, 0.25) is 0 Å². The maximum Gasteiger partial charge on any atom is 0.237 e. The number of piperidine rings is 1. The lowest BCUT2D eigenvalue weighted by molar-refractivity contribution is -0.129. The van der Waals surface area contributed by atoms with Crippen LogP contribution in [-0.4, -0.2) is 49.4 Å². The van der Waals surface area contributed by atoms with Gasteiger partial charge in [-0.2, -0.15) is 0 Å². The van der Waals surface area contributed by atoms with Gasteiger partial charge in [0.1, 0.15) is 0 Å². The van der Waals surface area contributed by atoms with Crippen LogP contribution in [0.4, 0.5) is 0 Å². The van der Waals surface area contributed by atoms with Crippen molar-refractivity contribution in [1.82, 2.24) is 15.5 Å². The molecule has 0 bridgehead atoms. The Kier molecular flexibility index (Phi) is 5.41. The topological polar surface area (TPSA) is 61.4 Å². The summed E-state index contributed by atoms with van der Waals surface area (Å²) in [4.78, 5) is 24.6. The third kappa shape index (κ3) is 4.73. The Morgan fingerprint density at radius 1 is 1.35 bits per heavy atom. The molecule has 2 N–H and O–H groups in total. The Morgan fingerprint density at radius 3 is 2.65 bits per heavy atom. The molecule has 5 heteroatoms. The molecule has 1 heterocycles. The fourth-order valence-corrected chi connectivity index (χ4v) is 1.98. The molecule has 1 saturated heterocycles. The maximum atomic E-state index is 11.8. The van der Waals surface area contributed by atoms with Gasteiger partial charge in [0.2, 0.25) is 11.8 Å². The van der Waals surface area contributed by atoms with Gasteiger partial charge < -0.3 is 15.5 Å². The van der Waals surface area contributed by atoms with Crippen LogP contribution < -0.4 is 10.6 Å². The van der Waals surface area contributed by atoms with Crippen molar-refractivity contribution >= 4 is 11.8 Å². The van der Waals surface area contributed by atoms with Crippen molar-refractivity contribution in [1.29, 1.82) is 0 Å². The average molecular weight is 241 g/mol. The fourth-order valence-electron chi connectivity index (χ4n) is 1.98. The smallest absolute Gasteiger partial charge is 0.237 e. The first-order valence-corrected chi connectivity index (χ1v) is 6.24. The Hall–Kier alpha value is -1.10. The lowest BCUT2D eigenvalue weighted by atomic mass is 9.99. The van der Waals surface area contributed by atoms with E-state index in [1.54, 1.807) is 14.1 Å². The highest BCUT2D eigenvalue weighted by atomic mass is 16.2. The van der Waals surface area contributed by atoms with E-state index in [1.807, 2.05) is 0 Å². The molecule has 0 aromatic carbocycles. The highest BCUT2D eigenvalue weighted by molar-refractivity contribution is 5.82.